The van der Waals surface area contributed by atoms with E-state index in [1.54, 1.807) is 0 Å². The van der Waals surface area contributed by atoms with Gasteiger partial charge in [0, 0.05) is 18.8 Å². The third-order valence-corrected chi connectivity index (χ3v) is 5.63. The number of nitrogens with zero attached hydrogens (tertiary/aromatic N) is 3. The molecular formula is C20H23N5. The minimum absolute atomic E-state index is 0.349. The number of nitrogens with one attached hydrogen (secondary N) is 2. The van der Waals surface area contributed by atoms with E-state index in [0.717, 1.165) is 42.4 Å². The van der Waals surface area contributed by atoms with Crippen LogP contribution in [0.15, 0.2) is 42.7 Å². The van der Waals surface area contributed by atoms with Crippen LogP contribution in [-0.2, 0) is 5.41 Å². The van der Waals surface area contributed by atoms with Gasteiger partial charge >= 0.3 is 0 Å². The van der Waals surface area contributed by atoms with Gasteiger partial charge in [-0.25, -0.2) is 9.97 Å². The fourth-order valence-electron chi connectivity index (χ4n) is 3.65. The molecule has 0 aromatic carbocycles. The predicted molar refractivity (Wildman–Crippen MR) is 99.9 cm³/mol. The molecule has 2 fully saturated rings. The topological polar surface area (TPSA) is 54.2 Å². The Bertz CT molecular complexity index is 919. The second-order valence-electron chi connectivity index (χ2n) is 7.59. The molecule has 5 rings (SSSR count). The zero-order valence-corrected chi connectivity index (χ0v) is 14.5. The normalized spacial score (nSPS) is 21.6. The molecule has 5 nitrogen and oxygen atoms in total. The number of pyridine rings is 2. The van der Waals surface area contributed by atoms with E-state index in [2.05, 4.69) is 57.4 Å². The van der Waals surface area contributed by atoms with Crippen molar-refractivity contribution < 1.29 is 0 Å². The molecule has 0 amide bonds. The van der Waals surface area contributed by atoms with Crippen LogP contribution >= 0.6 is 0 Å². The summed E-state index contributed by atoms with van der Waals surface area (Å²) in [4.78, 5) is 9.40. The highest BCUT2D eigenvalue weighted by atomic mass is 15.1. The first-order valence-corrected chi connectivity index (χ1v) is 9.14. The number of fused-ring (bicyclic) bond motifs is 1. The van der Waals surface area contributed by atoms with Crippen molar-refractivity contribution in [2.75, 3.05) is 18.4 Å². The third-order valence-electron chi connectivity index (χ3n) is 5.63. The highest BCUT2D eigenvalue weighted by molar-refractivity contribution is 5.62. The van der Waals surface area contributed by atoms with Gasteiger partial charge in [-0.2, -0.15) is 0 Å². The SMILES string of the molecule is CC1(c2ccc3ncc(-c4cccc(N[C@H]5CCNC5)n4)n3c2)CC1. The molecule has 0 bridgehead atoms. The fourth-order valence-corrected chi connectivity index (χ4v) is 3.65. The van der Waals surface area contributed by atoms with Gasteiger partial charge in [0.1, 0.15) is 11.5 Å². The fraction of sp³-hybridized carbons (Fsp3) is 0.400. The first-order valence-electron chi connectivity index (χ1n) is 9.14. The number of hydrogen-bond acceptors (Lipinski definition) is 4. The van der Waals surface area contributed by atoms with Crippen molar-refractivity contribution in [1.29, 1.82) is 0 Å². The highest BCUT2D eigenvalue weighted by Gasteiger charge is 2.39. The minimum atomic E-state index is 0.349. The van der Waals surface area contributed by atoms with Crippen LogP contribution in [0, 0.1) is 0 Å². The number of imidazole rings is 1. The van der Waals surface area contributed by atoms with Crippen molar-refractivity contribution in [2.24, 2.45) is 0 Å². The van der Waals surface area contributed by atoms with Crippen LogP contribution in [0.4, 0.5) is 5.82 Å². The Balaban J connectivity index is 1.52. The monoisotopic (exact) mass is 333 g/mol. The van der Waals surface area contributed by atoms with E-state index < -0.39 is 0 Å². The molecule has 0 unspecified atom stereocenters. The summed E-state index contributed by atoms with van der Waals surface area (Å²) >= 11 is 0. The molecule has 2 N–H and O–H groups in total. The van der Waals surface area contributed by atoms with Gasteiger partial charge in [0.2, 0.25) is 0 Å². The Kier molecular flexibility index (Phi) is 3.31. The number of anilines is 1. The summed E-state index contributed by atoms with van der Waals surface area (Å²) in [7, 11) is 0. The molecule has 3 aromatic heterocycles. The van der Waals surface area contributed by atoms with Crippen molar-refractivity contribution >= 4 is 11.5 Å². The molecule has 3 aromatic rings. The van der Waals surface area contributed by atoms with E-state index >= 15 is 0 Å². The van der Waals surface area contributed by atoms with Crippen LogP contribution in [0.5, 0.6) is 0 Å². The highest BCUT2D eigenvalue weighted by Crippen LogP contribution is 2.47. The van der Waals surface area contributed by atoms with Crippen LogP contribution in [0.25, 0.3) is 17.0 Å². The molecule has 5 heteroatoms. The molecule has 1 aliphatic carbocycles. The van der Waals surface area contributed by atoms with E-state index in [9.17, 15) is 0 Å². The van der Waals surface area contributed by atoms with Gasteiger partial charge in [-0.3, -0.25) is 4.40 Å². The molecule has 128 valence electrons. The average molecular weight is 333 g/mol. The molecule has 25 heavy (non-hydrogen) atoms. The quantitative estimate of drug-likeness (QED) is 0.770. The molecule has 2 aliphatic rings. The van der Waals surface area contributed by atoms with Crippen LogP contribution in [0.3, 0.4) is 0 Å². The molecule has 4 heterocycles. The van der Waals surface area contributed by atoms with Gasteiger partial charge in [-0.05, 0) is 55.0 Å². The molecule has 0 radical (unpaired) electrons. The summed E-state index contributed by atoms with van der Waals surface area (Å²) in [5.74, 6) is 0.937. The molecule has 1 saturated heterocycles. The number of hydrogen-bond donors (Lipinski definition) is 2. The molecule has 1 saturated carbocycles. The van der Waals surface area contributed by atoms with Crippen molar-refractivity contribution in [3.8, 4) is 11.4 Å². The summed E-state index contributed by atoms with van der Waals surface area (Å²) in [6.07, 6.45) is 7.86. The average Bonchev–Trinajstić information content (AvgIpc) is 3.03. The summed E-state index contributed by atoms with van der Waals surface area (Å²) in [6, 6.07) is 11.0. The Morgan fingerprint density at radius 3 is 2.96 bits per heavy atom. The van der Waals surface area contributed by atoms with Crippen molar-refractivity contribution in [3.63, 3.8) is 0 Å². The lowest BCUT2D eigenvalue weighted by atomic mass is 10.0. The maximum Gasteiger partial charge on any atom is 0.137 e. The smallest absolute Gasteiger partial charge is 0.137 e. The van der Waals surface area contributed by atoms with E-state index in [1.807, 2.05) is 12.3 Å². The van der Waals surface area contributed by atoms with Crippen LogP contribution in [0.2, 0.25) is 0 Å². The van der Waals surface area contributed by atoms with E-state index in [4.69, 9.17) is 4.98 Å². The Morgan fingerprint density at radius 2 is 2.16 bits per heavy atom. The predicted octanol–water partition coefficient (Wildman–Crippen LogP) is 3.22. The maximum absolute atomic E-state index is 4.84. The Morgan fingerprint density at radius 1 is 1.24 bits per heavy atom. The van der Waals surface area contributed by atoms with Gasteiger partial charge in [-0.15, -0.1) is 0 Å². The zero-order valence-electron chi connectivity index (χ0n) is 14.5. The van der Waals surface area contributed by atoms with Crippen molar-refractivity contribution in [2.45, 2.75) is 37.6 Å². The van der Waals surface area contributed by atoms with Crippen LogP contribution < -0.4 is 10.6 Å². The van der Waals surface area contributed by atoms with E-state index in [1.165, 1.54) is 18.4 Å². The Hall–Kier alpha value is -2.40. The second-order valence-corrected chi connectivity index (χ2v) is 7.59. The summed E-state index contributed by atoms with van der Waals surface area (Å²) in [5, 5.41) is 6.91. The summed E-state index contributed by atoms with van der Waals surface area (Å²) in [6.45, 7) is 4.42. The first kappa shape index (κ1) is 14.9. The van der Waals surface area contributed by atoms with Gasteiger partial charge < -0.3 is 10.6 Å². The molecule has 1 atom stereocenters. The lowest BCUT2D eigenvalue weighted by Crippen LogP contribution is -2.22. The molecule has 0 spiro atoms. The largest absolute Gasteiger partial charge is 0.366 e. The van der Waals surface area contributed by atoms with E-state index in [-0.39, 0.29) is 0 Å². The van der Waals surface area contributed by atoms with Crippen LogP contribution in [-0.4, -0.2) is 33.5 Å². The third kappa shape index (κ3) is 2.68. The minimum Gasteiger partial charge on any atom is -0.366 e. The number of aromatic nitrogens is 3. The number of rotatable bonds is 4. The molecule has 1 aliphatic heterocycles. The Labute approximate surface area is 147 Å². The maximum atomic E-state index is 4.84. The van der Waals surface area contributed by atoms with Gasteiger partial charge in [0.05, 0.1) is 17.6 Å². The van der Waals surface area contributed by atoms with Gasteiger partial charge in [-0.1, -0.05) is 19.1 Å². The first-order chi connectivity index (χ1) is 12.2. The lowest BCUT2D eigenvalue weighted by molar-refractivity contribution is 0.778. The lowest BCUT2D eigenvalue weighted by Gasteiger charge is -2.13. The summed E-state index contributed by atoms with van der Waals surface area (Å²) in [5.41, 5.74) is 4.73. The molecular weight excluding hydrogens is 310 g/mol. The van der Waals surface area contributed by atoms with Gasteiger partial charge in [0.25, 0.3) is 0 Å². The zero-order chi connectivity index (χ0) is 16.9. The second kappa shape index (κ2) is 5.56. The van der Waals surface area contributed by atoms with Crippen LogP contribution in [0.1, 0.15) is 31.7 Å². The summed E-state index contributed by atoms with van der Waals surface area (Å²) < 4.78 is 2.18. The van der Waals surface area contributed by atoms with Crippen molar-refractivity contribution in [1.82, 2.24) is 19.7 Å². The van der Waals surface area contributed by atoms with E-state index in [0.29, 0.717) is 11.5 Å². The van der Waals surface area contributed by atoms with Crippen molar-refractivity contribution in [3.05, 3.63) is 48.3 Å². The standard InChI is InChI=1S/C20H23N5/c1-20(8-9-20)14-5-6-19-22-12-17(25(19)13-14)16-3-2-4-18(24-16)23-15-7-10-21-11-15/h2-6,12-13,15,21H,7-11H2,1H3,(H,23,24)/t15-/m0/s1. The van der Waals surface area contributed by atoms with Gasteiger partial charge in [0.15, 0.2) is 0 Å².